The van der Waals surface area contributed by atoms with Crippen LogP contribution in [0.4, 0.5) is 14.5 Å². The summed E-state index contributed by atoms with van der Waals surface area (Å²) in [5, 5.41) is 15.0. The van der Waals surface area contributed by atoms with Crippen molar-refractivity contribution in [3.63, 3.8) is 0 Å². The topological polar surface area (TPSA) is 133 Å². The molecule has 10 nitrogen and oxygen atoms in total. The van der Waals surface area contributed by atoms with Crippen molar-refractivity contribution in [2.24, 2.45) is 5.92 Å². The molecule has 4 rings (SSSR count). The van der Waals surface area contributed by atoms with E-state index in [0.717, 1.165) is 0 Å². The summed E-state index contributed by atoms with van der Waals surface area (Å²) in [4.78, 5) is 42.6. The van der Waals surface area contributed by atoms with Gasteiger partial charge in [-0.25, -0.2) is 13.8 Å². The van der Waals surface area contributed by atoms with Gasteiger partial charge in [-0.15, -0.1) is 5.10 Å². The van der Waals surface area contributed by atoms with Gasteiger partial charge in [-0.05, 0) is 18.6 Å². The van der Waals surface area contributed by atoms with Crippen molar-refractivity contribution in [1.29, 1.82) is 0 Å². The molecule has 0 bridgehead atoms. The fourth-order valence-electron chi connectivity index (χ4n) is 3.90. The van der Waals surface area contributed by atoms with Crippen LogP contribution in [0, 0.1) is 5.92 Å². The van der Waals surface area contributed by atoms with Crippen LogP contribution in [-0.4, -0.2) is 62.0 Å². The third-order valence-corrected chi connectivity index (χ3v) is 5.62. The maximum Gasteiger partial charge on any atom is 0.311 e. The molecule has 1 saturated heterocycles. The average Bonchev–Trinajstić information content (AvgIpc) is 3.38. The molecule has 1 saturated carbocycles. The number of hydrogen-bond acceptors (Lipinski definition) is 6. The number of carbonyl (C=O) groups is 3. The van der Waals surface area contributed by atoms with Gasteiger partial charge in [0.1, 0.15) is 10.8 Å². The minimum absolute atomic E-state index is 0.0318. The summed E-state index contributed by atoms with van der Waals surface area (Å²) < 4.78 is 27.1. The van der Waals surface area contributed by atoms with E-state index in [1.54, 1.807) is 6.07 Å². The molecule has 0 unspecified atom stereocenters. The van der Waals surface area contributed by atoms with E-state index >= 15 is 0 Å². The standard InChI is InChI=1S/C18H18ClF2N7O3/c19-13-5-11(1-3-22-13)24-14(29)10-2-4-28(7-10)16(31)15(30)25-17(8-18(20,21)9-17)12-6-23-27-26-12/h1,3,5-6,10H,2,4,7-9H2,(H,25,30)(H,22,24,29)(H,23,26,27)/t10-/m0/s1. The molecule has 0 radical (unpaired) electrons. The normalized spacial score (nSPS) is 21.3. The smallest absolute Gasteiger partial charge is 0.311 e. The van der Waals surface area contributed by atoms with Crippen LogP contribution in [0.2, 0.25) is 5.15 Å². The van der Waals surface area contributed by atoms with Crippen LogP contribution in [0.15, 0.2) is 24.5 Å². The van der Waals surface area contributed by atoms with Gasteiger partial charge >= 0.3 is 11.8 Å². The third-order valence-electron chi connectivity index (χ3n) is 5.42. The van der Waals surface area contributed by atoms with Gasteiger partial charge in [-0.1, -0.05) is 16.8 Å². The fourth-order valence-corrected chi connectivity index (χ4v) is 4.07. The van der Waals surface area contributed by atoms with E-state index in [1.807, 2.05) is 0 Å². The van der Waals surface area contributed by atoms with Gasteiger partial charge in [0.2, 0.25) is 5.91 Å². The summed E-state index contributed by atoms with van der Waals surface area (Å²) in [6, 6.07) is 3.06. The fraction of sp³-hybridized carbons (Fsp3) is 0.444. The Morgan fingerprint density at radius 2 is 2.06 bits per heavy atom. The molecule has 3 amide bonds. The lowest BCUT2D eigenvalue weighted by molar-refractivity contribution is -0.159. The van der Waals surface area contributed by atoms with Crippen molar-refractivity contribution in [1.82, 2.24) is 30.6 Å². The monoisotopic (exact) mass is 453 g/mol. The van der Waals surface area contributed by atoms with Crippen molar-refractivity contribution < 1.29 is 23.2 Å². The van der Waals surface area contributed by atoms with Gasteiger partial charge < -0.3 is 15.5 Å². The first kappa shape index (κ1) is 21.1. The van der Waals surface area contributed by atoms with E-state index in [1.165, 1.54) is 23.4 Å². The van der Waals surface area contributed by atoms with Crippen LogP contribution in [0.25, 0.3) is 0 Å². The second kappa shape index (κ2) is 7.84. The number of halogens is 3. The highest BCUT2D eigenvalue weighted by Gasteiger charge is 2.60. The molecule has 1 aliphatic heterocycles. The number of aromatic nitrogens is 4. The number of aromatic amines is 1. The molecular formula is C18H18ClF2N7O3. The van der Waals surface area contributed by atoms with Gasteiger partial charge in [-0.2, -0.15) is 0 Å². The Morgan fingerprint density at radius 3 is 2.71 bits per heavy atom. The molecule has 2 fully saturated rings. The average molecular weight is 454 g/mol. The largest absolute Gasteiger partial charge is 0.336 e. The van der Waals surface area contributed by atoms with Crippen LogP contribution in [0.5, 0.6) is 0 Å². The van der Waals surface area contributed by atoms with E-state index in [-0.39, 0.29) is 29.8 Å². The maximum atomic E-state index is 13.6. The summed E-state index contributed by atoms with van der Waals surface area (Å²) in [6.45, 7) is 0.221. The molecule has 0 aromatic carbocycles. The quantitative estimate of drug-likeness (QED) is 0.468. The zero-order valence-corrected chi connectivity index (χ0v) is 16.8. The second-order valence-corrected chi connectivity index (χ2v) is 8.08. The van der Waals surface area contributed by atoms with Crippen LogP contribution in [0.1, 0.15) is 25.0 Å². The molecule has 1 aliphatic carbocycles. The molecule has 2 aliphatic rings. The van der Waals surface area contributed by atoms with Crippen LogP contribution in [-0.2, 0) is 19.9 Å². The van der Waals surface area contributed by atoms with Gasteiger partial charge in [0, 0.05) is 44.0 Å². The molecule has 0 spiro atoms. The number of hydrogen-bond donors (Lipinski definition) is 3. The van der Waals surface area contributed by atoms with E-state index in [2.05, 4.69) is 31.0 Å². The van der Waals surface area contributed by atoms with Crippen molar-refractivity contribution in [3.05, 3.63) is 35.4 Å². The van der Waals surface area contributed by atoms with E-state index in [9.17, 15) is 23.2 Å². The first-order chi connectivity index (χ1) is 14.7. The SMILES string of the molecule is O=C(NC1(c2c[nH]nn2)CC(F)(F)C1)C(=O)N1CC[C@H](C(=O)Nc2ccnc(Cl)c2)C1. The second-order valence-electron chi connectivity index (χ2n) is 7.70. The predicted octanol–water partition coefficient (Wildman–Crippen LogP) is 1.08. The number of anilines is 1. The van der Waals surface area contributed by atoms with Crippen LogP contribution in [0.3, 0.4) is 0 Å². The van der Waals surface area contributed by atoms with Crippen molar-refractivity contribution in [2.75, 3.05) is 18.4 Å². The molecule has 31 heavy (non-hydrogen) atoms. The summed E-state index contributed by atoms with van der Waals surface area (Å²) >= 11 is 5.79. The Bertz CT molecular complexity index is 1010. The lowest BCUT2D eigenvalue weighted by Crippen LogP contribution is -2.62. The number of nitrogens with one attached hydrogen (secondary N) is 3. The highest BCUT2D eigenvalue weighted by Crippen LogP contribution is 2.50. The Labute approximate surface area is 179 Å². The highest BCUT2D eigenvalue weighted by atomic mass is 35.5. The molecule has 13 heteroatoms. The van der Waals surface area contributed by atoms with Crippen molar-refractivity contribution >= 4 is 35.0 Å². The van der Waals surface area contributed by atoms with E-state index < -0.39 is 42.0 Å². The summed E-state index contributed by atoms with van der Waals surface area (Å²) in [5.74, 6) is -5.74. The number of likely N-dealkylation sites (tertiary alicyclic amines) is 1. The first-order valence-electron chi connectivity index (χ1n) is 9.46. The number of amides is 3. The minimum Gasteiger partial charge on any atom is -0.336 e. The molecular weight excluding hydrogens is 436 g/mol. The van der Waals surface area contributed by atoms with Gasteiger partial charge in [0.25, 0.3) is 5.92 Å². The van der Waals surface area contributed by atoms with E-state index in [0.29, 0.717) is 12.1 Å². The summed E-state index contributed by atoms with van der Waals surface area (Å²) in [5.41, 5.74) is -0.859. The van der Waals surface area contributed by atoms with Gasteiger partial charge in [-0.3, -0.25) is 19.5 Å². The zero-order valence-electron chi connectivity index (χ0n) is 16.1. The number of carbonyl (C=O) groups excluding carboxylic acids is 3. The molecule has 1 atom stereocenters. The first-order valence-corrected chi connectivity index (χ1v) is 9.84. The molecule has 3 N–H and O–H groups in total. The highest BCUT2D eigenvalue weighted by molar-refractivity contribution is 6.35. The Hall–Kier alpha value is -3.15. The maximum absolute atomic E-state index is 13.6. The minimum atomic E-state index is -2.97. The summed E-state index contributed by atoms with van der Waals surface area (Å²) in [7, 11) is 0. The van der Waals surface area contributed by atoms with Gasteiger partial charge in [0.15, 0.2) is 0 Å². The Balaban J connectivity index is 1.36. The summed E-state index contributed by atoms with van der Waals surface area (Å²) in [6.07, 6.45) is 1.76. The molecule has 3 heterocycles. The Kier molecular flexibility index (Phi) is 5.33. The Morgan fingerprint density at radius 1 is 1.29 bits per heavy atom. The number of H-pyrrole nitrogens is 1. The molecule has 2 aromatic heterocycles. The van der Waals surface area contributed by atoms with Gasteiger partial charge in [0.05, 0.1) is 11.5 Å². The van der Waals surface area contributed by atoms with E-state index in [4.69, 9.17) is 11.6 Å². The molecule has 164 valence electrons. The van der Waals surface area contributed by atoms with Crippen LogP contribution < -0.4 is 10.6 Å². The predicted molar refractivity (Wildman–Crippen MR) is 103 cm³/mol. The lowest BCUT2D eigenvalue weighted by atomic mass is 9.71. The van der Waals surface area contributed by atoms with Crippen molar-refractivity contribution in [3.8, 4) is 0 Å². The third kappa shape index (κ3) is 4.33. The number of alkyl halides is 2. The number of pyridine rings is 1. The van der Waals surface area contributed by atoms with Crippen LogP contribution >= 0.6 is 11.6 Å². The lowest BCUT2D eigenvalue weighted by Gasteiger charge is -2.46. The zero-order chi connectivity index (χ0) is 22.2. The number of rotatable bonds is 4. The number of nitrogens with zero attached hydrogens (tertiary/aromatic N) is 4. The van der Waals surface area contributed by atoms with Crippen molar-refractivity contribution in [2.45, 2.75) is 30.7 Å². The molecule has 2 aromatic rings.